The molecule has 0 amide bonds. The summed E-state index contributed by atoms with van der Waals surface area (Å²) in [5, 5.41) is 0. The van der Waals surface area contributed by atoms with Gasteiger partial charge in [-0.25, -0.2) is 4.98 Å². The van der Waals surface area contributed by atoms with Crippen LogP contribution in [0.4, 0.5) is 0 Å². The first kappa shape index (κ1) is 19.5. The van der Waals surface area contributed by atoms with Gasteiger partial charge in [0.05, 0.1) is 22.8 Å². The number of hydrogen-bond donors (Lipinski definition) is 0. The molecule has 2 aromatic heterocycles. The average molecular weight is 357 g/mol. The van der Waals surface area contributed by atoms with E-state index in [-0.39, 0.29) is 37.3 Å². The standard InChI is InChI=1S/C19H23N3O4/c1-13-14(2)22-16(15(3)21-13)12-25-18(23)9-4-5-10-19(24)26-17-8-6-7-11-20-17/h6-8,11H,4-5,9-10,12H2,1-3H3. The van der Waals surface area contributed by atoms with Crippen LogP contribution in [0.2, 0.25) is 0 Å². The largest absolute Gasteiger partial charge is 0.459 e. The van der Waals surface area contributed by atoms with E-state index in [2.05, 4.69) is 15.0 Å². The van der Waals surface area contributed by atoms with Crippen LogP contribution in [0.3, 0.4) is 0 Å². The first-order valence-corrected chi connectivity index (χ1v) is 8.53. The zero-order valence-electron chi connectivity index (χ0n) is 15.3. The van der Waals surface area contributed by atoms with Crippen molar-refractivity contribution in [2.75, 3.05) is 0 Å². The summed E-state index contributed by atoms with van der Waals surface area (Å²) in [4.78, 5) is 36.2. The van der Waals surface area contributed by atoms with E-state index >= 15 is 0 Å². The van der Waals surface area contributed by atoms with Crippen LogP contribution in [0.1, 0.15) is 48.5 Å². The highest BCUT2D eigenvalue weighted by Crippen LogP contribution is 2.10. The number of esters is 2. The third-order valence-corrected chi connectivity index (χ3v) is 3.82. The van der Waals surface area contributed by atoms with Crippen LogP contribution < -0.4 is 4.74 Å². The molecule has 0 aliphatic carbocycles. The number of nitrogens with zero attached hydrogens (tertiary/aromatic N) is 3. The van der Waals surface area contributed by atoms with E-state index in [0.29, 0.717) is 18.5 Å². The molecular formula is C19H23N3O4. The van der Waals surface area contributed by atoms with Crippen molar-refractivity contribution in [3.05, 3.63) is 47.2 Å². The molecule has 0 atom stereocenters. The van der Waals surface area contributed by atoms with Crippen LogP contribution in [0.5, 0.6) is 5.88 Å². The molecule has 7 nitrogen and oxygen atoms in total. The molecule has 0 N–H and O–H groups in total. The summed E-state index contributed by atoms with van der Waals surface area (Å²) in [6, 6.07) is 5.11. The summed E-state index contributed by atoms with van der Waals surface area (Å²) in [7, 11) is 0. The predicted octanol–water partition coefficient (Wildman–Crippen LogP) is 3.01. The van der Waals surface area contributed by atoms with Crippen LogP contribution in [-0.4, -0.2) is 26.9 Å². The SMILES string of the molecule is Cc1nc(C)c(COC(=O)CCCCC(=O)Oc2ccccn2)nc1C. The molecule has 0 saturated carbocycles. The maximum atomic E-state index is 11.8. The number of carbonyl (C=O) groups is 2. The van der Waals surface area contributed by atoms with Crippen LogP contribution in [0, 0.1) is 20.8 Å². The maximum absolute atomic E-state index is 11.8. The summed E-state index contributed by atoms with van der Waals surface area (Å²) >= 11 is 0. The summed E-state index contributed by atoms with van der Waals surface area (Å²) in [5.74, 6) is -0.401. The van der Waals surface area contributed by atoms with E-state index in [9.17, 15) is 9.59 Å². The fourth-order valence-electron chi connectivity index (χ4n) is 2.23. The van der Waals surface area contributed by atoms with Crippen molar-refractivity contribution in [1.82, 2.24) is 15.0 Å². The Hall–Kier alpha value is -2.83. The van der Waals surface area contributed by atoms with E-state index in [1.165, 1.54) is 0 Å². The highest BCUT2D eigenvalue weighted by molar-refractivity contribution is 5.72. The molecule has 7 heteroatoms. The van der Waals surface area contributed by atoms with Crippen LogP contribution >= 0.6 is 0 Å². The number of pyridine rings is 1. The lowest BCUT2D eigenvalue weighted by Gasteiger charge is -2.09. The molecule has 0 unspecified atom stereocenters. The fourth-order valence-corrected chi connectivity index (χ4v) is 2.23. The summed E-state index contributed by atoms with van der Waals surface area (Å²) in [6.07, 6.45) is 3.12. The molecular weight excluding hydrogens is 334 g/mol. The fraction of sp³-hybridized carbons (Fsp3) is 0.421. The van der Waals surface area contributed by atoms with Gasteiger partial charge in [-0.15, -0.1) is 0 Å². The maximum Gasteiger partial charge on any atom is 0.312 e. The minimum absolute atomic E-state index is 0.112. The Kier molecular flexibility index (Phi) is 7.20. The minimum atomic E-state index is -0.363. The third kappa shape index (κ3) is 6.23. The Labute approximate surface area is 152 Å². The van der Waals surface area contributed by atoms with E-state index in [1.807, 2.05) is 20.8 Å². The number of hydrogen-bond acceptors (Lipinski definition) is 7. The van der Waals surface area contributed by atoms with Crippen molar-refractivity contribution in [2.45, 2.75) is 53.1 Å². The highest BCUT2D eigenvalue weighted by atomic mass is 16.5. The van der Waals surface area contributed by atoms with Gasteiger partial charge in [0.25, 0.3) is 0 Å². The second kappa shape index (κ2) is 9.60. The lowest BCUT2D eigenvalue weighted by atomic mass is 10.2. The first-order valence-electron chi connectivity index (χ1n) is 8.53. The third-order valence-electron chi connectivity index (χ3n) is 3.82. The number of carbonyl (C=O) groups excluding carboxylic acids is 2. The van der Waals surface area contributed by atoms with Crippen molar-refractivity contribution in [2.24, 2.45) is 0 Å². The zero-order chi connectivity index (χ0) is 18.9. The van der Waals surface area contributed by atoms with Gasteiger partial charge in [0.15, 0.2) is 0 Å². The predicted molar refractivity (Wildman–Crippen MR) is 94.4 cm³/mol. The van der Waals surface area contributed by atoms with Crippen LogP contribution in [0.15, 0.2) is 24.4 Å². The average Bonchev–Trinajstić information content (AvgIpc) is 2.61. The molecule has 0 aromatic carbocycles. The van der Waals surface area contributed by atoms with Gasteiger partial charge in [0.2, 0.25) is 5.88 Å². The highest BCUT2D eigenvalue weighted by Gasteiger charge is 2.10. The second-order valence-electron chi connectivity index (χ2n) is 5.94. The van der Waals surface area contributed by atoms with E-state index in [4.69, 9.17) is 9.47 Å². The molecule has 2 heterocycles. The van der Waals surface area contributed by atoms with Crippen LogP contribution in [0.25, 0.3) is 0 Å². The van der Waals surface area contributed by atoms with Gasteiger partial charge in [-0.2, -0.15) is 0 Å². The van der Waals surface area contributed by atoms with Crippen molar-refractivity contribution in [3.63, 3.8) is 0 Å². The first-order chi connectivity index (χ1) is 12.5. The topological polar surface area (TPSA) is 91.3 Å². The van der Waals surface area contributed by atoms with Crippen molar-refractivity contribution < 1.29 is 19.1 Å². The molecule has 0 aliphatic rings. The van der Waals surface area contributed by atoms with Gasteiger partial charge in [-0.1, -0.05) is 6.07 Å². The molecule has 26 heavy (non-hydrogen) atoms. The Bertz CT molecular complexity index is 763. The summed E-state index contributed by atoms with van der Waals surface area (Å²) < 4.78 is 10.3. The molecule has 0 radical (unpaired) electrons. The molecule has 0 bridgehead atoms. The molecule has 0 fully saturated rings. The molecule has 2 rings (SSSR count). The number of ether oxygens (including phenoxy) is 2. The Balaban J connectivity index is 1.65. The lowest BCUT2D eigenvalue weighted by molar-refractivity contribution is -0.145. The van der Waals surface area contributed by atoms with Gasteiger partial charge < -0.3 is 9.47 Å². The summed E-state index contributed by atoms with van der Waals surface area (Å²) in [6.45, 7) is 5.72. The molecule has 0 spiro atoms. The zero-order valence-corrected chi connectivity index (χ0v) is 15.3. The van der Waals surface area contributed by atoms with Gasteiger partial charge in [0, 0.05) is 25.1 Å². The van der Waals surface area contributed by atoms with Crippen molar-refractivity contribution in [3.8, 4) is 5.88 Å². The second-order valence-corrected chi connectivity index (χ2v) is 5.94. The van der Waals surface area contributed by atoms with E-state index < -0.39 is 0 Å². The van der Waals surface area contributed by atoms with E-state index in [0.717, 1.165) is 17.1 Å². The normalized spacial score (nSPS) is 10.4. The number of unbranched alkanes of at least 4 members (excludes halogenated alkanes) is 1. The number of rotatable bonds is 8. The smallest absolute Gasteiger partial charge is 0.312 e. The van der Waals surface area contributed by atoms with Crippen molar-refractivity contribution >= 4 is 11.9 Å². The van der Waals surface area contributed by atoms with Gasteiger partial charge in [-0.3, -0.25) is 19.6 Å². The Morgan fingerprint density at radius 2 is 1.62 bits per heavy atom. The molecule has 0 saturated heterocycles. The molecule has 2 aromatic rings. The minimum Gasteiger partial charge on any atom is -0.459 e. The van der Waals surface area contributed by atoms with E-state index in [1.54, 1.807) is 24.4 Å². The van der Waals surface area contributed by atoms with Crippen molar-refractivity contribution in [1.29, 1.82) is 0 Å². The molecule has 0 aliphatic heterocycles. The lowest BCUT2D eigenvalue weighted by Crippen LogP contribution is -2.10. The Morgan fingerprint density at radius 1 is 0.923 bits per heavy atom. The summed E-state index contributed by atoms with van der Waals surface area (Å²) in [5.41, 5.74) is 3.13. The van der Waals surface area contributed by atoms with Gasteiger partial charge in [0.1, 0.15) is 6.61 Å². The number of aryl methyl sites for hydroxylation is 3. The van der Waals surface area contributed by atoms with Gasteiger partial charge in [-0.05, 0) is 39.7 Å². The quantitative estimate of drug-likeness (QED) is 0.530. The Morgan fingerprint density at radius 3 is 2.31 bits per heavy atom. The van der Waals surface area contributed by atoms with Crippen LogP contribution in [-0.2, 0) is 20.9 Å². The molecule has 138 valence electrons. The number of aromatic nitrogens is 3. The van der Waals surface area contributed by atoms with Gasteiger partial charge >= 0.3 is 11.9 Å². The monoisotopic (exact) mass is 357 g/mol.